The van der Waals surface area contributed by atoms with Crippen LogP contribution in [-0.2, 0) is 16.1 Å². The van der Waals surface area contributed by atoms with E-state index in [2.05, 4.69) is 10.2 Å². The lowest BCUT2D eigenvalue weighted by Crippen LogP contribution is -2.69. The van der Waals surface area contributed by atoms with Gasteiger partial charge in [0.1, 0.15) is 17.9 Å². The van der Waals surface area contributed by atoms with Crippen LogP contribution in [0.15, 0.2) is 18.2 Å². The number of ether oxygens (including phenoxy) is 1. The number of benzene rings is 1. The van der Waals surface area contributed by atoms with E-state index in [1.165, 1.54) is 4.90 Å². The number of nitrogens with one attached hydrogen (secondary N) is 1. The molecule has 2 saturated heterocycles. The highest BCUT2D eigenvalue weighted by molar-refractivity contribution is 6.05. The van der Waals surface area contributed by atoms with E-state index in [1.54, 1.807) is 12.1 Å². The topological polar surface area (TPSA) is 79.0 Å². The quantitative estimate of drug-likeness (QED) is 0.681. The summed E-state index contributed by atoms with van der Waals surface area (Å²) < 4.78 is 33.2. The number of hydrogen-bond acceptors (Lipinski definition) is 5. The number of halogens is 2. The first-order chi connectivity index (χ1) is 16.2. The minimum atomic E-state index is -2.49. The van der Waals surface area contributed by atoms with Gasteiger partial charge < -0.3 is 9.64 Å². The molecule has 1 aromatic carbocycles. The summed E-state index contributed by atoms with van der Waals surface area (Å²) in [6.45, 7) is 1.77. The number of carbonyl (C=O) groups excluding carboxylic acids is 3. The molecule has 3 amide bonds. The summed E-state index contributed by atoms with van der Waals surface area (Å²) in [5.41, 5.74) is 1.19. The maximum Gasteiger partial charge on any atom is 0.255 e. The molecule has 0 unspecified atom stereocenters. The van der Waals surface area contributed by atoms with Crippen LogP contribution in [0.1, 0.15) is 67.3 Å². The summed E-state index contributed by atoms with van der Waals surface area (Å²) in [4.78, 5) is 40.5. The molecule has 34 heavy (non-hydrogen) atoms. The van der Waals surface area contributed by atoms with Gasteiger partial charge in [0, 0.05) is 55.9 Å². The lowest BCUT2D eigenvalue weighted by molar-refractivity contribution is -0.226. The Bertz CT molecular complexity index is 1040. The van der Waals surface area contributed by atoms with Crippen LogP contribution in [0.5, 0.6) is 5.75 Å². The van der Waals surface area contributed by atoms with Crippen molar-refractivity contribution in [3.63, 3.8) is 0 Å². The zero-order valence-electron chi connectivity index (χ0n) is 19.0. The van der Waals surface area contributed by atoms with E-state index in [4.69, 9.17) is 4.74 Å². The Morgan fingerprint density at radius 3 is 2.53 bits per heavy atom. The van der Waals surface area contributed by atoms with Crippen molar-refractivity contribution in [1.82, 2.24) is 15.1 Å². The van der Waals surface area contributed by atoms with Gasteiger partial charge in [0.05, 0.1) is 0 Å². The molecular formula is C25H29F2N3O4. The van der Waals surface area contributed by atoms with Gasteiger partial charge in [-0.1, -0.05) is 6.42 Å². The second-order valence-electron chi connectivity index (χ2n) is 10.8. The first-order valence-electron chi connectivity index (χ1n) is 12.3. The third-order valence-electron chi connectivity index (χ3n) is 8.26. The van der Waals surface area contributed by atoms with E-state index in [0.717, 1.165) is 44.3 Å². The highest BCUT2D eigenvalue weighted by Gasteiger charge is 2.62. The van der Waals surface area contributed by atoms with Gasteiger partial charge in [0.15, 0.2) is 0 Å². The van der Waals surface area contributed by atoms with Crippen LogP contribution >= 0.6 is 0 Å². The van der Waals surface area contributed by atoms with Gasteiger partial charge in [0.2, 0.25) is 17.7 Å². The Morgan fingerprint density at radius 1 is 1.03 bits per heavy atom. The first-order valence-corrected chi connectivity index (χ1v) is 12.3. The van der Waals surface area contributed by atoms with Crippen LogP contribution in [0.25, 0.3) is 0 Å². The number of hydrogen-bond donors (Lipinski definition) is 1. The molecule has 3 aliphatic heterocycles. The molecule has 6 rings (SSSR count). The lowest BCUT2D eigenvalue weighted by atomic mass is 9.60. The van der Waals surface area contributed by atoms with Gasteiger partial charge >= 0.3 is 0 Å². The highest BCUT2D eigenvalue weighted by Crippen LogP contribution is 2.57. The van der Waals surface area contributed by atoms with Crippen LogP contribution in [0.4, 0.5) is 8.78 Å². The summed E-state index contributed by atoms with van der Waals surface area (Å²) in [6.07, 6.45) is 4.69. The molecule has 1 N–H and O–H groups in total. The zero-order chi connectivity index (χ0) is 23.7. The molecule has 3 heterocycles. The van der Waals surface area contributed by atoms with E-state index in [1.807, 2.05) is 6.07 Å². The number of rotatable bonds is 4. The summed E-state index contributed by atoms with van der Waals surface area (Å²) in [5, 5.41) is 2.32. The van der Waals surface area contributed by atoms with Crippen molar-refractivity contribution in [2.24, 2.45) is 5.41 Å². The second kappa shape index (κ2) is 7.73. The fourth-order valence-corrected chi connectivity index (χ4v) is 6.75. The number of alkyl halides is 2. The van der Waals surface area contributed by atoms with Gasteiger partial charge in [-0.15, -0.1) is 0 Å². The predicted octanol–water partition coefficient (Wildman–Crippen LogP) is 2.87. The van der Waals surface area contributed by atoms with E-state index >= 15 is 0 Å². The average molecular weight is 474 g/mol. The van der Waals surface area contributed by atoms with E-state index in [0.29, 0.717) is 24.3 Å². The predicted molar refractivity (Wildman–Crippen MR) is 117 cm³/mol. The van der Waals surface area contributed by atoms with Crippen LogP contribution in [-0.4, -0.2) is 64.7 Å². The van der Waals surface area contributed by atoms with Crippen molar-refractivity contribution in [3.05, 3.63) is 29.3 Å². The Hall–Kier alpha value is -2.55. The molecule has 2 aliphatic carbocycles. The molecule has 4 fully saturated rings. The number of nitrogens with zero attached hydrogens (tertiary/aromatic N) is 2. The Labute approximate surface area is 196 Å². The van der Waals surface area contributed by atoms with Crippen molar-refractivity contribution in [2.45, 2.75) is 82.0 Å². The number of fused-ring (bicyclic) bond motifs is 1. The van der Waals surface area contributed by atoms with Gasteiger partial charge in [0.25, 0.3) is 5.91 Å². The molecule has 1 spiro atoms. The fourth-order valence-electron chi connectivity index (χ4n) is 6.75. The van der Waals surface area contributed by atoms with Crippen molar-refractivity contribution in [2.75, 3.05) is 13.1 Å². The SMILES string of the molecule is O=C1CC[C@H](N2Cc3cc(O[C@H]4CCCC[C@H]4N4CC5(C4)CC(F)(F)C5)ccc3C2=O)C(=O)N1. The Balaban J connectivity index is 1.12. The minimum Gasteiger partial charge on any atom is -0.489 e. The third kappa shape index (κ3) is 3.68. The van der Waals surface area contributed by atoms with Gasteiger partial charge in [-0.25, -0.2) is 8.78 Å². The molecule has 0 bridgehead atoms. The maximum atomic E-state index is 13.4. The number of piperidine rings is 1. The molecule has 5 aliphatic rings. The molecule has 3 atom stereocenters. The smallest absolute Gasteiger partial charge is 0.255 e. The van der Waals surface area contributed by atoms with Gasteiger partial charge in [-0.3, -0.25) is 24.6 Å². The van der Waals surface area contributed by atoms with Crippen LogP contribution in [0, 0.1) is 5.41 Å². The standard InChI is InChI=1S/C25H29F2N3O4/c26-25(27)11-24(12-25)13-29(14-24)18-3-1-2-4-20(18)34-16-5-6-17-15(9-16)10-30(23(17)33)19-7-8-21(31)28-22(19)32/h5-6,9,18-20H,1-4,7-8,10-14H2,(H,28,31,32)/t18-,19+,20+/m1/s1. The average Bonchev–Trinajstić information content (AvgIpc) is 3.06. The number of imide groups is 1. The first kappa shape index (κ1) is 21.9. The summed E-state index contributed by atoms with van der Waals surface area (Å²) in [6, 6.07) is 5.03. The number of amides is 3. The van der Waals surface area contributed by atoms with Crippen molar-refractivity contribution in [1.29, 1.82) is 0 Å². The lowest BCUT2D eigenvalue weighted by Gasteiger charge is -2.61. The molecular weight excluding hydrogens is 444 g/mol. The molecule has 0 radical (unpaired) electrons. The molecule has 1 aromatic rings. The summed E-state index contributed by atoms with van der Waals surface area (Å²) in [7, 11) is 0. The van der Waals surface area contributed by atoms with Gasteiger partial charge in [-0.2, -0.15) is 0 Å². The Morgan fingerprint density at radius 2 is 1.79 bits per heavy atom. The van der Waals surface area contributed by atoms with Crippen LogP contribution < -0.4 is 10.1 Å². The van der Waals surface area contributed by atoms with Crippen LogP contribution in [0.3, 0.4) is 0 Å². The van der Waals surface area contributed by atoms with E-state index in [9.17, 15) is 23.2 Å². The summed E-state index contributed by atoms with van der Waals surface area (Å²) in [5.74, 6) is -2.72. The molecule has 2 saturated carbocycles. The van der Waals surface area contributed by atoms with E-state index < -0.39 is 17.9 Å². The molecule has 9 heteroatoms. The molecule has 182 valence electrons. The van der Waals surface area contributed by atoms with Gasteiger partial charge in [-0.05, 0) is 49.4 Å². The van der Waals surface area contributed by atoms with Crippen molar-refractivity contribution < 1.29 is 27.9 Å². The zero-order valence-corrected chi connectivity index (χ0v) is 19.0. The summed E-state index contributed by atoms with van der Waals surface area (Å²) >= 11 is 0. The highest BCUT2D eigenvalue weighted by atomic mass is 19.3. The normalized spacial score (nSPS) is 32.1. The molecule has 7 nitrogen and oxygen atoms in total. The monoisotopic (exact) mass is 473 g/mol. The fraction of sp³-hybridized carbons (Fsp3) is 0.640. The Kier molecular flexibility index (Phi) is 4.99. The number of likely N-dealkylation sites (tertiary alicyclic amines) is 1. The second-order valence-corrected chi connectivity index (χ2v) is 10.8. The number of carbonyl (C=O) groups is 3. The maximum absolute atomic E-state index is 13.4. The van der Waals surface area contributed by atoms with Crippen molar-refractivity contribution >= 4 is 17.7 Å². The minimum absolute atomic E-state index is 0.00641. The van der Waals surface area contributed by atoms with E-state index in [-0.39, 0.29) is 48.6 Å². The largest absolute Gasteiger partial charge is 0.489 e. The van der Waals surface area contributed by atoms with Crippen LogP contribution in [0.2, 0.25) is 0 Å². The third-order valence-corrected chi connectivity index (χ3v) is 8.26. The van der Waals surface area contributed by atoms with Crippen molar-refractivity contribution in [3.8, 4) is 5.75 Å². The molecule has 0 aromatic heterocycles.